The smallest absolute Gasteiger partial charge is 0.378 e. The van der Waals surface area contributed by atoms with Crippen LogP contribution in [0.15, 0.2) is 60.9 Å². The Balaban J connectivity index is 1.34. The number of fused-ring (bicyclic) bond motifs is 1. The van der Waals surface area contributed by atoms with Crippen molar-refractivity contribution < 1.29 is 18.3 Å². The highest BCUT2D eigenvalue weighted by molar-refractivity contribution is 7.19. The van der Waals surface area contributed by atoms with Gasteiger partial charge in [0.2, 0.25) is 0 Å². The lowest BCUT2D eigenvalue weighted by Crippen LogP contribution is -2.34. The summed E-state index contributed by atoms with van der Waals surface area (Å²) in [5.41, 5.74) is 6.91. The van der Waals surface area contributed by atoms with Crippen LogP contribution >= 0.6 is 11.3 Å². The number of nitrogens with one attached hydrogen (secondary N) is 1. The van der Waals surface area contributed by atoms with Crippen molar-refractivity contribution in [1.29, 1.82) is 0 Å². The first-order valence-electron chi connectivity index (χ1n) is 11.9. The summed E-state index contributed by atoms with van der Waals surface area (Å²) in [7, 11) is 0. The number of aliphatic hydroxyl groups is 1. The van der Waals surface area contributed by atoms with Crippen molar-refractivity contribution in [3.63, 3.8) is 0 Å². The van der Waals surface area contributed by atoms with E-state index in [1.807, 2.05) is 24.4 Å². The second kappa shape index (κ2) is 10.1. The third-order valence-electron chi connectivity index (χ3n) is 6.42. The van der Waals surface area contributed by atoms with Crippen LogP contribution in [0.3, 0.4) is 0 Å². The Kier molecular flexibility index (Phi) is 6.90. The lowest BCUT2D eigenvalue weighted by Gasteiger charge is -2.30. The highest BCUT2D eigenvalue weighted by Gasteiger charge is 2.32. The summed E-state index contributed by atoms with van der Waals surface area (Å²) in [6.45, 7) is 0.383. The van der Waals surface area contributed by atoms with E-state index in [1.165, 1.54) is 23.5 Å². The van der Waals surface area contributed by atoms with Crippen LogP contribution in [0, 0.1) is 11.8 Å². The topological polar surface area (TPSA) is 84.1 Å². The number of nitrogens with two attached hydrogens (primary N) is 1. The van der Waals surface area contributed by atoms with E-state index in [0.29, 0.717) is 36.6 Å². The molecule has 1 saturated carbocycles. The SMILES string of the molecule is NC(CNc1nc(C#CC2(O)CCC2)c(-c2ccc3cnccc3c2)s1)Cc1ccc(C(F)(F)F)cc1. The number of hydrogen-bond donors (Lipinski definition) is 3. The maximum atomic E-state index is 12.8. The lowest BCUT2D eigenvalue weighted by atomic mass is 9.81. The van der Waals surface area contributed by atoms with Gasteiger partial charge in [-0.15, -0.1) is 0 Å². The molecular formula is C28H25F3N4OS. The van der Waals surface area contributed by atoms with E-state index < -0.39 is 17.3 Å². The fraction of sp³-hybridized carbons (Fsp3) is 0.286. The van der Waals surface area contributed by atoms with E-state index in [2.05, 4.69) is 33.2 Å². The zero-order chi connectivity index (χ0) is 26.0. The number of pyridine rings is 1. The number of halogens is 3. The number of alkyl halides is 3. The Morgan fingerprint density at radius 3 is 2.59 bits per heavy atom. The molecule has 4 aromatic rings. The Labute approximate surface area is 216 Å². The van der Waals surface area contributed by atoms with Crippen molar-refractivity contribution in [1.82, 2.24) is 9.97 Å². The van der Waals surface area contributed by atoms with E-state index >= 15 is 0 Å². The fourth-order valence-electron chi connectivity index (χ4n) is 4.14. The Hall–Kier alpha value is -3.45. The van der Waals surface area contributed by atoms with Gasteiger partial charge in [-0.3, -0.25) is 4.98 Å². The molecule has 1 atom stereocenters. The molecule has 2 heterocycles. The van der Waals surface area contributed by atoms with Crippen LogP contribution in [-0.2, 0) is 12.6 Å². The fourth-order valence-corrected chi connectivity index (χ4v) is 5.06. The van der Waals surface area contributed by atoms with Crippen LogP contribution in [0.2, 0.25) is 0 Å². The number of nitrogens with zero attached hydrogens (tertiary/aromatic N) is 2. The Morgan fingerprint density at radius 2 is 1.89 bits per heavy atom. The molecule has 0 bridgehead atoms. The number of rotatable bonds is 6. The minimum absolute atomic E-state index is 0.331. The summed E-state index contributed by atoms with van der Waals surface area (Å²) in [5.74, 6) is 6.08. The minimum Gasteiger partial charge on any atom is -0.378 e. The molecule has 0 amide bonds. The first kappa shape index (κ1) is 25.2. The predicted molar refractivity (Wildman–Crippen MR) is 140 cm³/mol. The molecular weight excluding hydrogens is 497 g/mol. The van der Waals surface area contributed by atoms with Crippen molar-refractivity contribution in [3.8, 4) is 22.3 Å². The van der Waals surface area contributed by atoms with Crippen molar-refractivity contribution in [2.75, 3.05) is 11.9 Å². The van der Waals surface area contributed by atoms with Crippen LogP contribution < -0.4 is 11.1 Å². The molecule has 0 aliphatic heterocycles. The van der Waals surface area contributed by atoms with Crippen LogP contribution in [0.1, 0.15) is 36.1 Å². The van der Waals surface area contributed by atoms with Gasteiger partial charge in [-0.05, 0) is 72.4 Å². The van der Waals surface area contributed by atoms with Gasteiger partial charge in [-0.1, -0.05) is 41.5 Å². The summed E-state index contributed by atoms with van der Waals surface area (Å²) < 4.78 is 38.4. The van der Waals surface area contributed by atoms with Crippen LogP contribution in [0.4, 0.5) is 18.3 Å². The molecule has 0 radical (unpaired) electrons. The van der Waals surface area contributed by atoms with Crippen LogP contribution in [0.25, 0.3) is 21.2 Å². The zero-order valence-corrected chi connectivity index (χ0v) is 20.7. The molecule has 1 unspecified atom stereocenters. The largest absolute Gasteiger partial charge is 0.416 e. The molecule has 1 aliphatic carbocycles. The zero-order valence-electron chi connectivity index (χ0n) is 19.8. The second-order valence-corrected chi connectivity index (χ2v) is 10.3. The third-order valence-corrected chi connectivity index (χ3v) is 7.48. The highest BCUT2D eigenvalue weighted by atomic mass is 32.1. The number of anilines is 1. The average molecular weight is 523 g/mol. The van der Waals surface area contributed by atoms with Gasteiger partial charge in [-0.2, -0.15) is 13.2 Å². The quantitative estimate of drug-likeness (QED) is 0.286. The second-order valence-electron chi connectivity index (χ2n) is 9.31. The maximum Gasteiger partial charge on any atom is 0.416 e. The van der Waals surface area contributed by atoms with E-state index in [9.17, 15) is 18.3 Å². The lowest BCUT2D eigenvalue weighted by molar-refractivity contribution is -0.137. The molecule has 1 fully saturated rings. The number of hydrogen-bond acceptors (Lipinski definition) is 6. The monoisotopic (exact) mass is 522 g/mol. The van der Waals surface area contributed by atoms with Gasteiger partial charge < -0.3 is 16.2 Å². The molecule has 190 valence electrons. The van der Waals surface area contributed by atoms with Crippen molar-refractivity contribution >= 4 is 27.2 Å². The van der Waals surface area contributed by atoms with E-state index in [0.717, 1.165) is 45.3 Å². The van der Waals surface area contributed by atoms with Gasteiger partial charge in [0.15, 0.2) is 5.13 Å². The van der Waals surface area contributed by atoms with Crippen molar-refractivity contribution in [2.45, 2.75) is 43.5 Å². The minimum atomic E-state index is -4.36. The molecule has 37 heavy (non-hydrogen) atoms. The third kappa shape index (κ3) is 5.93. The van der Waals surface area contributed by atoms with Gasteiger partial charge in [0.05, 0.1) is 10.4 Å². The molecule has 1 aliphatic rings. The van der Waals surface area contributed by atoms with Gasteiger partial charge in [-0.25, -0.2) is 4.98 Å². The normalized spacial score (nSPS) is 15.5. The Morgan fingerprint density at radius 1 is 1.11 bits per heavy atom. The molecule has 0 spiro atoms. The van der Waals surface area contributed by atoms with Gasteiger partial charge in [0, 0.05) is 30.4 Å². The molecule has 5 nitrogen and oxygen atoms in total. The molecule has 0 saturated heterocycles. The summed E-state index contributed by atoms with van der Waals surface area (Å²) >= 11 is 1.45. The van der Waals surface area contributed by atoms with E-state index in [4.69, 9.17) is 5.73 Å². The summed E-state index contributed by atoms with van der Waals surface area (Å²) in [6, 6.07) is 12.7. The molecule has 2 aromatic carbocycles. The van der Waals surface area contributed by atoms with Crippen LogP contribution in [0.5, 0.6) is 0 Å². The summed E-state index contributed by atoms with van der Waals surface area (Å²) in [4.78, 5) is 9.72. The number of aromatic nitrogens is 2. The standard InChI is InChI=1S/C28H25F3N4OS/c29-28(30,31)22-6-2-18(3-7-22)14-23(32)17-34-26-35-24(8-12-27(36)10-1-11-27)25(37-26)20-4-5-21-16-33-13-9-19(21)15-20/h2-7,9,13,15-16,23,36H,1,10-11,14,17,32H2,(H,34,35). The van der Waals surface area contributed by atoms with Crippen molar-refractivity contribution in [2.24, 2.45) is 5.73 Å². The molecule has 5 rings (SSSR count). The molecule has 9 heteroatoms. The summed E-state index contributed by atoms with van der Waals surface area (Å²) in [5, 5.41) is 16.4. The summed E-state index contributed by atoms with van der Waals surface area (Å²) in [6.07, 6.45) is 1.89. The van der Waals surface area contributed by atoms with Crippen molar-refractivity contribution in [3.05, 3.63) is 77.7 Å². The average Bonchev–Trinajstić information content (AvgIpc) is 3.28. The first-order valence-corrected chi connectivity index (χ1v) is 12.8. The molecule has 4 N–H and O–H groups in total. The van der Waals surface area contributed by atoms with Crippen LogP contribution in [-0.4, -0.2) is 33.3 Å². The predicted octanol–water partition coefficient (Wildman–Crippen LogP) is 5.63. The Bertz CT molecular complexity index is 1470. The van der Waals surface area contributed by atoms with E-state index in [-0.39, 0.29) is 6.04 Å². The molecule has 2 aromatic heterocycles. The number of thiazole rings is 1. The van der Waals surface area contributed by atoms with Gasteiger partial charge >= 0.3 is 6.18 Å². The first-order chi connectivity index (χ1) is 17.7. The highest BCUT2D eigenvalue weighted by Crippen LogP contribution is 2.36. The number of benzene rings is 2. The van der Waals surface area contributed by atoms with E-state index in [1.54, 1.807) is 6.20 Å². The van der Waals surface area contributed by atoms with Gasteiger partial charge in [0.25, 0.3) is 0 Å². The maximum absolute atomic E-state index is 12.8. The van der Waals surface area contributed by atoms with Gasteiger partial charge in [0.1, 0.15) is 11.3 Å².